The van der Waals surface area contributed by atoms with E-state index in [1.807, 2.05) is 25.1 Å². The van der Waals surface area contributed by atoms with Crippen LogP contribution in [0.2, 0.25) is 5.02 Å². The van der Waals surface area contributed by atoms with Crippen LogP contribution in [0.15, 0.2) is 24.3 Å². The molecule has 0 spiro atoms. The number of benzene rings is 1. The minimum absolute atomic E-state index is 0.114. The monoisotopic (exact) mass is 237 g/mol. The van der Waals surface area contributed by atoms with E-state index >= 15 is 0 Å². The number of nitrogens with zero attached hydrogens (tertiary/aromatic N) is 1. The van der Waals surface area contributed by atoms with Crippen LogP contribution < -0.4 is 0 Å². The highest BCUT2D eigenvalue weighted by molar-refractivity contribution is 6.31. The smallest absolute Gasteiger partial charge is 0.230 e. The topological polar surface area (TPSA) is 37.4 Å². The van der Waals surface area contributed by atoms with Gasteiger partial charge in [0, 0.05) is 17.9 Å². The normalized spacial score (nSPS) is 18.0. The average Bonchev–Trinajstić information content (AvgIpc) is 2.58. The minimum atomic E-state index is -0.281. The molecule has 0 bridgehead atoms. The van der Waals surface area contributed by atoms with Gasteiger partial charge >= 0.3 is 0 Å². The lowest BCUT2D eigenvalue weighted by atomic mass is 10.1. The van der Waals surface area contributed by atoms with Crippen LogP contribution in [0.4, 0.5) is 0 Å². The summed E-state index contributed by atoms with van der Waals surface area (Å²) in [6.07, 6.45) is 0.626. The van der Waals surface area contributed by atoms with Gasteiger partial charge in [0.05, 0.1) is 6.04 Å². The molecule has 2 rings (SSSR count). The average molecular weight is 238 g/mol. The SMILES string of the molecule is C[C@@H](c1ccccc1Cl)N1C(=O)CCC1=O. The van der Waals surface area contributed by atoms with Gasteiger partial charge in [-0.3, -0.25) is 14.5 Å². The van der Waals surface area contributed by atoms with Gasteiger partial charge in [-0.1, -0.05) is 29.8 Å². The summed E-state index contributed by atoms with van der Waals surface area (Å²) in [5.41, 5.74) is 0.813. The quantitative estimate of drug-likeness (QED) is 0.742. The molecule has 0 unspecified atom stereocenters. The van der Waals surface area contributed by atoms with E-state index in [4.69, 9.17) is 11.6 Å². The van der Waals surface area contributed by atoms with Crippen molar-refractivity contribution in [3.63, 3.8) is 0 Å². The lowest BCUT2D eigenvalue weighted by Crippen LogP contribution is -2.32. The van der Waals surface area contributed by atoms with Crippen LogP contribution >= 0.6 is 11.6 Å². The maximum Gasteiger partial charge on any atom is 0.230 e. The van der Waals surface area contributed by atoms with Crippen molar-refractivity contribution in [1.82, 2.24) is 4.90 Å². The van der Waals surface area contributed by atoms with Gasteiger partial charge in [-0.15, -0.1) is 0 Å². The Kier molecular flexibility index (Phi) is 2.97. The zero-order chi connectivity index (χ0) is 11.7. The zero-order valence-electron chi connectivity index (χ0n) is 8.94. The summed E-state index contributed by atoms with van der Waals surface area (Å²) < 4.78 is 0. The van der Waals surface area contributed by atoms with Crippen LogP contribution in [-0.2, 0) is 9.59 Å². The van der Waals surface area contributed by atoms with Crippen LogP contribution in [0.5, 0.6) is 0 Å². The highest BCUT2D eigenvalue weighted by Gasteiger charge is 2.33. The number of halogens is 1. The van der Waals surface area contributed by atoms with E-state index in [9.17, 15) is 9.59 Å². The molecule has 3 nitrogen and oxygen atoms in total. The van der Waals surface area contributed by atoms with E-state index in [0.29, 0.717) is 17.9 Å². The summed E-state index contributed by atoms with van der Waals surface area (Å²) in [6.45, 7) is 1.82. The second kappa shape index (κ2) is 4.26. The maximum atomic E-state index is 11.6. The van der Waals surface area contributed by atoms with Crippen LogP contribution in [0.1, 0.15) is 31.4 Å². The Morgan fingerprint density at radius 2 is 1.75 bits per heavy atom. The number of hydrogen-bond acceptors (Lipinski definition) is 2. The summed E-state index contributed by atoms with van der Waals surface area (Å²) in [7, 11) is 0. The molecule has 0 aromatic heterocycles. The molecule has 16 heavy (non-hydrogen) atoms. The van der Waals surface area contributed by atoms with Gasteiger partial charge in [0.2, 0.25) is 11.8 Å². The standard InChI is InChI=1S/C12H12ClNO2/c1-8(9-4-2-3-5-10(9)13)14-11(15)6-7-12(14)16/h2-5,8H,6-7H2,1H3/t8-/m0/s1. The molecule has 1 atom stereocenters. The second-order valence-corrected chi connectivity index (χ2v) is 4.26. The molecule has 1 aromatic carbocycles. The van der Waals surface area contributed by atoms with E-state index in [1.54, 1.807) is 6.07 Å². The van der Waals surface area contributed by atoms with Gasteiger partial charge in [0.15, 0.2) is 0 Å². The summed E-state index contributed by atoms with van der Waals surface area (Å²) in [6, 6.07) is 7.00. The first-order valence-electron chi connectivity index (χ1n) is 5.20. The van der Waals surface area contributed by atoms with Crippen molar-refractivity contribution in [1.29, 1.82) is 0 Å². The Morgan fingerprint density at radius 1 is 1.19 bits per heavy atom. The zero-order valence-corrected chi connectivity index (χ0v) is 9.70. The van der Waals surface area contributed by atoms with Crippen LogP contribution in [0, 0.1) is 0 Å². The molecule has 1 aliphatic rings. The van der Waals surface area contributed by atoms with Crippen molar-refractivity contribution < 1.29 is 9.59 Å². The number of hydrogen-bond donors (Lipinski definition) is 0. The fourth-order valence-electron chi connectivity index (χ4n) is 1.98. The Bertz CT molecular complexity index is 428. The summed E-state index contributed by atoms with van der Waals surface area (Å²) in [4.78, 5) is 24.5. The van der Waals surface area contributed by atoms with Crippen molar-refractivity contribution in [3.05, 3.63) is 34.9 Å². The van der Waals surface area contributed by atoms with Gasteiger partial charge in [-0.25, -0.2) is 0 Å². The molecule has 1 aliphatic heterocycles. The number of carbonyl (C=O) groups excluding carboxylic acids is 2. The summed E-state index contributed by atoms with van der Waals surface area (Å²) >= 11 is 6.04. The van der Waals surface area contributed by atoms with Crippen LogP contribution in [-0.4, -0.2) is 16.7 Å². The fourth-order valence-corrected chi connectivity index (χ4v) is 2.27. The van der Waals surface area contributed by atoms with Crippen molar-refractivity contribution in [2.45, 2.75) is 25.8 Å². The van der Waals surface area contributed by atoms with E-state index < -0.39 is 0 Å². The van der Waals surface area contributed by atoms with E-state index in [2.05, 4.69) is 0 Å². The number of amides is 2. The Balaban J connectivity index is 2.32. The maximum absolute atomic E-state index is 11.6. The largest absolute Gasteiger partial charge is 0.275 e. The lowest BCUT2D eigenvalue weighted by molar-refractivity contribution is -0.140. The molecule has 1 heterocycles. The van der Waals surface area contributed by atoms with Crippen molar-refractivity contribution in [2.75, 3.05) is 0 Å². The van der Waals surface area contributed by atoms with Crippen LogP contribution in [0.3, 0.4) is 0 Å². The number of likely N-dealkylation sites (tertiary alicyclic amines) is 1. The lowest BCUT2D eigenvalue weighted by Gasteiger charge is -2.23. The second-order valence-electron chi connectivity index (χ2n) is 3.85. The predicted molar refractivity (Wildman–Crippen MR) is 61.0 cm³/mol. The molecule has 0 N–H and O–H groups in total. The van der Waals surface area contributed by atoms with E-state index in [0.717, 1.165) is 5.56 Å². The summed E-state index contributed by atoms with van der Waals surface area (Å²) in [5.74, 6) is -0.227. The van der Waals surface area contributed by atoms with Crippen molar-refractivity contribution in [3.8, 4) is 0 Å². The Morgan fingerprint density at radius 3 is 2.31 bits per heavy atom. The Hall–Kier alpha value is -1.35. The first-order valence-corrected chi connectivity index (χ1v) is 5.58. The van der Waals surface area contributed by atoms with Gasteiger partial charge in [0.1, 0.15) is 0 Å². The van der Waals surface area contributed by atoms with E-state index in [-0.39, 0.29) is 17.9 Å². The molecule has 1 saturated heterocycles. The molecular formula is C12H12ClNO2. The van der Waals surface area contributed by atoms with Gasteiger partial charge in [-0.05, 0) is 18.6 Å². The third kappa shape index (κ3) is 1.83. The molecular weight excluding hydrogens is 226 g/mol. The van der Waals surface area contributed by atoms with Crippen LogP contribution in [0.25, 0.3) is 0 Å². The van der Waals surface area contributed by atoms with Gasteiger partial charge < -0.3 is 0 Å². The Labute approximate surface area is 99.0 Å². The first kappa shape index (κ1) is 11.1. The third-order valence-corrected chi connectivity index (χ3v) is 3.18. The molecule has 1 fully saturated rings. The number of imide groups is 1. The molecule has 84 valence electrons. The number of carbonyl (C=O) groups is 2. The van der Waals surface area contributed by atoms with Crippen molar-refractivity contribution in [2.24, 2.45) is 0 Å². The summed E-state index contributed by atoms with van der Waals surface area (Å²) in [5, 5.41) is 0.586. The molecule has 0 saturated carbocycles. The molecule has 2 amide bonds. The number of rotatable bonds is 2. The minimum Gasteiger partial charge on any atom is -0.275 e. The predicted octanol–water partition coefficient (Wildman–Crippen LogP) is 2.55. The third-order valence-electron chi connectivity index (χ3n) is 2.83. The highest BCUT2D eigenvalue weighted by Crippen LogP contribution is 2.30. The molecule has 0 aliphatic carbocycles. The first-order chi connectivity index (χ1) is 7.61. The van der Waals surface area contributed by atoms with E-state index in [1.165, 1.54) is 4.90 Å². The van der Waals surface area contributed by atoms with Gasteiger partial charge in [0.25, 0.3) is 0 Å². The van der Waals surface area contributed by atoms with Gasteiger partial charge in [-0.2, -0.15) is 0 Å². The molecule has 4 heteroatoms. The fraction of sp³-hybridized carbons (Fsp3) is 0.333. The molecule has 0 radical (unpaired) electrons. The highest BCUT2D eigenvalue weighted by atomic mass is 35.5. The van der Waals surface area contributed by atoms with Crippen molar-refractivity contribution >= 4 is 23.4 Å². The molecule has 1 aromatic rings.